The van der Waals surface area contributed by atoms with E-state index in [1.165, 1.54) is 0 Å². The number of hydrogen-bond donors (Lipinski definition) is 2. The molecular formula is C9H17NO2. The molecule has 1 aliphatic carbocycles. The number of rotatable bonds is 2. The summed E-state index contributed by atoms with van der Waals surface area (Å²) in [6.07, 6.45) is 1.41. The number of nitrogens with two attached hydrogens (primary N) is 1. The van der Waals surface area contributed by atoms with Crippen molar-refractivity contribution in [2.24, 2.45) is 23.5 Å². The third kappa shape index (κ3) is 1.78. The van der Waals surface area contributed by atoms with Gasteiger partial charge in [-0.3, -0.25) is 4.79 Å². The van der Waals surface area contributed by atoms with Gasteiger partial charge >= 0.3 is 5.97 Å². The Kier molecular flexibility index (Phi) is 2.73. The van der Waals surface area contributed by atoms with Crippen molar-refractivity contribution in [3.8, 4) is 0 Å². The van der Waals surface area contributed by atoms with Gasteiger partial charge in [0, 0.05) is 6.04 Å². The molecule has 0 radical (unpaired) electrons. The molecule has 0 saturated heterocycles. The molecule has 0 aromatic carbocycles. The minimum atomic E-state index is -0.686. The van der Waals surface area contributed by atoms with Crippen molar-refractivity contribution in [1.82, 2.24) is 0 Å². The van der Waals surface area contributed by atoms with Crippen LogP contribution in [0.15, 0.2) is 0 Å². The summed E-state index contributed by atoms with van der Waals surface area (Å²) < 4.78 is 0. The summed E-state index contributed by atoms with van der Waals surface area (Å²) in [5.74, 6) is 0.0106. The first-order valence-corrected chi connectivity index (χ1v) is 4.50. The Balaban J connectivity index is 2.56. The van der Waals surface area contributed by atoms with E-state index in [1.807, 2.05) is 0 Å². The highest BCUT2D eigenvalue weighted by atomic mass is 16.4. The lowest BCUT2D eigenvalue weighted by molar-refractivity contribution is -0.141. The maximum atomic E-state index is 10.7. The maximum absolute atomic E-state index is 10.7. The zero-order valence-corrected chi connectivity index (χ0v) is 7.66. The minimum Gasteiger partial charge on any atom is -0.481 e. The fourth-order valence-electron chi connectivity index (χ4n) is 2.07. The highest BCUT2D eigenvalue weighted by Gasteiger charge is 2.36. The number of hydrogen-bond acceptors (Lipinski definition) is 2. The zero-order valence-electron chi connectivity index (χ0n) is 7.66. The van der Waals surface area contributed by atoms with E-state index in [2.05, 4.69) is 13.8 Å². The van der Waals surface area contributed by atoms with Gasteiger partial charge in [-0.15, -0.1) is 0 Å². The molecule has 1 rings (SSSR count). The second-order valence-corrected chi connectivity index (χ2v) is 4.08. The summed E-state index contributed by atoms with van der Waals surface area (Å²) >= 11 is 0. The molecule has 3 nitrogen and oxygen atoms in total. The van der Waals surface area contributed by atoms with E-state index < -0.39 is 5.97 Å². The van der Waals surface area contributed by atoms with Crippen LogP contribution in [-0.2, 0) is 4.79 Å². The summed E-state index contributed by atoms with van der Waals surface area (Å²) in [5, 5.41) is 8.78. The van der Waals surface area contributed by atoms with Crippen LogP contribution in [-0.4, -0.2) is 17.1 Å². The molecule has 0 aromatic heterocycles. The normalized spacial score (nSPS) is 35.8. The molecular weight excluding hydrogens is 154 g/mol. The largest absolute Gasteiger partial charge is 0.481 e. The Morgan fingerprint density at radius 3 is 2.33 bits per heavy atom. The Morgan fingerprint density at radius 1 is 1.50 bits per heavy atom. The SMILES string of the molecule is CC(C)[C@H]1C[C@H](C(=O)O)C[C@@H]1N. The standard InChI is InChI=1S/C9H17NO2/c1-5(2)7-3-6(9(11)12)4-8(7)10/h5-8H,3-4,10H2,1-2H3,(H,11,12)/t6-,7+,8-/m0/s1. The van der Waals surface area contributed by atoms with Crippen molar-refractivity contribution in [3.63, 3.8) is 0 Å². The lowest BCUT2D eigenvalue weighted by Crippen LogP contribution is -2.27. The predicted molar refractivity (Wildman–Crippen MR) is 46.7 cm³/mol. The second kappa shape index (κ2) is 3.44. The molecule has 0 aromatic rings. The Labute approximate surface area is 72.9 Å². The quantitative estimate of drug-likeness (QED) is 0.653. The van der Waals surface area contributed by atoms with Crippen LogP contribution in [0.25, 0.3) is 0 Å². The number of aliphatic carboxylic acids is 1. The van der Waals surface area contributed by atoms with Gasteiger partial charge in [0.15, 0.2) is 0 Å². The average molecular weight is 171 g/mol. The first-order chi connectivity index (χ1) is 5.52. The molecule has 1 saturated carbocycles. The lowest BCUT2D eigenvalue weighted by Gasteiger charge is -2.18. The highest BCUT2D eigenvalue weighted by Crippen LogP contribution is 2.34. The summed E-state index contributed by atoms with van der Waals surface area (Å²) in [5.41, 5.74) is 5.84. The second-order valence-electron chi connectivity index (χ2n) is 4.08. The maximum Gasteiger partial charge on any atom is 0.306 e. The fourth-order valence-corrected chi connectivity index (χ4v) is 2.07. The molecule has 0 aliphatic heterocycles. The highest BCUT2D eigenvalue weighted by molar-refractivity contribution is 5.70. The van der Waals surface area contributed by atoms with Gasteiger partial charge in [-0.2, -0.15) is 0 Å². The van der Waals surface area contributed by atoms with Gasteiger partial charge in [0.2, 0.25) is 0 Å². The summed E-state index contributed by atoms with van der Waals surface area (Å²) in [6, 6.07) is 0.0890. The van der Waals surface area contributed by atoms with Crippen molar-refractivity contribution in [3.05, 3.63) is 0 Å². The Bertz CT molecular complexity index is 179. The fraction of sp³-hybridized carbons (Fsp3) is 0.889. The molecule has 70 valence electrons. The molecule has 0 bridgehead atoms. The van der Waals surface area contributed by atoms with E-state index in [1.54, 1.807) is 0 Å². The smallest absolute Gasteiger partial charge is 0.306 e. The van der Waals surface area contributed by atoms with E-state index >= 15 is 0 Å². The van der Waals surface area contributed by atoms with E-state index in [4.69, 9.17) is 10.8 Å². The van der Waals surface area contributed by atoms with Crippen LogP contribution in [0.4, 0.5) is 0 Å². The number of carboxylic acid groups (broad SMARTS) is 1. The summed E-state index contributed by atoms with van der Waals surface area (Å²) in [7, 11) is 0. The third-order valence-corrected chi connectivity index (χ3v) is 2.87. The van der Waals surface area contributed by atoms with Gasteiger partial charge < -0.3 is 10.8 Å². The minimum absolute atomic E-state index is 0.0890. The van der Waals surface area contributed by atoms with Crippen molar-refractivity contribution in [1.29, 1.82) is 0 Å². The molecule has 0 spiro atoms. The van der Waals surface area contributed by atoms with Crippen LogP contribution < -0.4 is 5.73 Å². The van der Waals surface area contributed by atoms with Crippen LogP contribution in [0.2, 0.25) is 0 Å². The first kappa shape index (κ1) is 9.52. The van der Waals surface area contributed by atoms with Gasteiger partial charge in [0.25, 0.3) is 0 Å². The molecule has 3 atom stereocenters. The van der Waals surface area contributed by atoms with E-state index in [9.17, 15) is 4.79 Å². The molecule has 3 heteroatoms. The molecule has 3 N–H and O–H groups in total. The van der Waals surface area contributed by atoms with Crippen LogP contribution in [0.1, 0.15) is 26.7 Å². The van der Waals surface area contributed by atoms with Crippen LogP contribution in [0.3, 0.4) is 0 Å². The molecule has 1 fully saturated rings. The summed E-state index contributed by atoms with van der Waals surface area (Å²) in [4.78, 5) is 10.7. The van der Waals surface area contributed by atoms with Crippen LogP contribution >= 0.6 is 0 Å². The Hall–Kier alpha value is -0.570. The van der Waals surface area contributed by atoms with Gasteiger partial charge in [-0.1, -0.05) is 13.8 Å². The monoisotopic (exact) mass is 171 g/mol. The third-order valence-electron chi connectivity index (χ3n) is 2.87. The average Bonchev–Trinajstić information content (AvgIpc) is 2.30. The van der Waals surface area contributed by atoms with Gasteiger partial charge in [0.1, 0.15) is 0 Å². The van der Waals surface area contributed by atoms with Crippen molar-refractivity contribution in [2.75, 3.05) is 0 Å². The van der Waals surface area contributed by atoms with Gasteiger partial charge in [0.05, 0.1) is 5.92 Å². The molecule has 0 unspecified atom stereocenters. The van der Waals surface area contributed by atoms with E-state index in [-0.39, 0.29) is 12.0 Å². The first-order valence-electron chi connectivity index (χ1n) is 4.50. The Morgan fingerprint density at radius 2 is 2.08 bits per heavy atom. The van der Waals surface area contributed by atoms with Gasteiger partial charge in [-0.25, -0.2) is 0 Å². The van der Waals surface area contributed by atoms with Crippen molar-refractivity contribution < 1.29 is 9.90 Å². The van der Waals surface area contributed by atoms with E-state index in [0.29, 0.717) is 18.3 Å². The molecule has 0 amide bonds. The number of carbonyl (C=O) groups is 1. The lowest BCUT2D eigenvalue weighted by atomic mass is 9.91. The molecule has 1 aliphatic rings. The molecule has 0 heterocycles. The predicted octanol–water partition coefficient (Wildman–Crippen LogP) is 1.08. The summed E-state index contributed by atoms with van der Waals surface area (Å²) in [6.45, 7) is 4.21. The van der Waals surface area contributed by atoms with Gasteiger partial charge in [-0.05, 0) is 24.7 Å². The van der Waals surface area contributed by atoms with E-state index in [0.717, 1.165) is 6.42 Å². The van der Waals surface area contributed by atoms with Crippen molar-refractivity contribution >= 4 is 5.97 Å². The molecule has 12 heavy (non-hydrogen) atoms. The van der Waals surface area contributed by atoms with Crippen LogP contribution in [0, 0.1) is 17.8 Å². The topological polar surface area (TPSA) is 63.3 Å². The number of carboxylic acids is 1. The zero-order chi connectivity index (χ0) is 9.30. The van der Waals surface area contributed by atoms with Crippen LogP contribution in [0.5, 0.6) is 0 Å². The van der Waals surface area contributed by atoms with Crippen molar-refractivity contribution in [2.45, 2.75) is 32.7 Å².